The number of benzene rings is 1. The van der Waals surface area contributed by atoms with Crippen LogP contribution < -0.4 is 5.73 Å². The lowest BCUT2D eigenvalue weighted by atomic mass is 9.85. The van der Waals surface area contributed by atoms with Gasteiger partial charge in [-0.25, -0.2) is 13.2 Å². The molecule has 0 spiro atoms. The van der Waals surface area contributed by atoms with E-state index in [0.717, 1.165) is 18.3 Å². The minimum absolute atomic E-state index is 0.291. The summed E-state index contributed by atoms with van der Waals surface area (Å²) in [5, 5.41) is 0. The van der Waals surface area contributed by atoms with Gasteiger partial charge < -0.3 is 5.73 Å². The van der Waals surface area contributed by atoms with Crippen LogP contribution in [0.25, 0.3) is 0 Å². The highest BCUT2D eigenvalue weighted by Crippen LogP contribution is 2.26. The zero-order chi connectivity index (χ0) is 14.8. The van der Waals surface area contributed by atoms with Crippen LogP contribution >= 0.6 is 0 Å². The van der Waals surface area contributed by atoms with Crippen LogP contribution in [-0.2, 0) is 12.0 Å². The first-order valence-corrected chi connectivity index (χ1v) is 6.29. The second kappa shape index (κ2) is 5.63. The molecule has 106 valence electrons. The third kappa shape index (κ3) is 2.99. The molecule has 0 aliphatic rings. The van der Waals surface area contributed by atoms with Crippen molar-refractivity contribution in [3.8, 4) is 0 Å². The number of hydrogen-bond acceptors (Lipinski definition) is 2. The van der Waals surface area contributed by atoms with E-state index in [2.05, 4.69) is 4.98 Å². The number of hydrogen-bond donors (Lipinski definition) is 1. The van der Waals surface area contributed by atoms with Crippen LogP contribution in [0, 0.1) is 17.5 Å². The van der Waals surface area contributed by atoms with Gasteiger partial charge in [0.2, 0.25) is 0 Å². The summed E-state index contributed by atoms with van der Waals surface area (Å²) in [6, 6.07) is 6.47. The molecule has 1 aromatic heterocycles. The SMILES string of the molecule is CCC(N)(Cc1ccc(F)c(F)c1)c1ccc(F)cn1. The molecule has 20 heavy (non-hydrogen) atoms. The van der Waals surface area contributed by atoms with Crippen LogP contribution in [-0.4, -0.2) is 4.98 Å². The fraction of sp³-hybridized carbons (Fsp3) is 0.267. The highest BCUT2D eigenvalue weighted by atomic mass is 19.2. The fourth-order valence-electron chi connectivity index (χ4n) is 2.08. The molecule has 0 saturated carbocycles. The summed E-state index contributed by atoms with van der Waals surface area (Å²) >= 11 is 0. The Morgan fingerprint density at radius 2 is 1.85 bits per heavy atom. The number of nitrogens with two attached hydrogens (primary N) is 1. The molecule has 1 aromatic carbocycles. The summed E-state index contributed by atoms with van der Waals surface area (Å²) in [7, 11) is 0. The summed E-state index contributed by atoms with van der Waals surface area (Å²) in [6.07, 6.45) is 1.92. The lowest BCUT2D eigenvalue weighted by molar-refractivity contribution is 0.408. The van der Waals surface area contributed by atoms with Crippen molar-refractivity contribution in [3.05, 3.63) is 65.2 Å². The molecule has 1 unspecified atom stereocenters. The topological polar surface area (TPSA) is 38.9 Å². The van der Waals surface area contributed by atoms with Crippen molar-refractivity contribution in [3.63, 3.8) is 0 Å². The van der Waals surface area contributed by atoms with Gasteiger partial charge in [-0.3, -0.25) is 4.98 Å². The van der Waals surface area contributed by atoms with Crippen LogP contribution in [0.1, 0.15) is 24.6 Å². The van der Waals surface area contributed by atoms with Gasteiger partial charge in [0, 0.05) is 0 Å². The monoisotopic (exact) mass is 280 g/mol. The van der Waals surface area contributed by atoms with E-state index in [-0.39, 0.29) is 0 Å². The molecule has 0 bridgehead atoms. The number of nitrogens with zero attached hydrogens (tertiary/aromatic N) is 1. The third-order valence-electron chi connectivity index (χ3n) is 3.37. The highest BCUT2D eigenvalue weighted by molar-refractivity contribution is 5.24. The molecule has 1 atom stereocenters. The maximum Gasteiger partial charge on any atom is 0.159 e. The van der Waals surface area contributed by atoms with Crippen LogP contribution in [0.4, 0.5) is 13.2 Å². The molecule has 0 radical (unpaired) electrons. The van der Waals surface area contributed by atoms with Gasteiger partial charge in [-0.05, 0) is 42.7 Å². The molecule has 0 aliphatic heterocycles. The maximum absolute atomic E-state index is 13.2. The van der Waals surface area contributed by atoms with E-state index < -0.39 is 23.0 Å². The van der Waals surface area contributed by atoms with E-state index in [1.807, 2.05) is 6.92 Å². The van der Waals surface area contributed by atoms with Crippen molar-refractivity contribution < 1.29 is 13.2 Å². The number of rotatable bonds is 4. The average molecular weight is 280 g/mol. The summed E-state index contributed by atoms with van der Waals surface area (Å²) < 4.78 is 39.1. The zero-order valence-corrected chi connectivity index (χ0v) is 11.0. The Labute approximate surface area is 115 Å². The predicted molar refractivity (Wildman–Crippen MR) is 70.4 cm³/mol. The van der Waals surface area contributed by atoms with Crippen molar-refractivity contribution in [1.29, 1.82) is 0 Å². The Bertz CT molecular complexity index is 599. The fourth-order valence-corrected chi connectivity index (χ4v) is 2.08. The first-order chi connectivity index (χ1) is 9.44. The molecule has 2 N–H and O–H groups in total. The smallest absolute Gasteiger partial charge is 0.159 e. The van der Waals surface area contributed by atoms with E-state index in [9.17, 15) is 13.2 Å². The molecular formula is C15H15F3N2. The normalized spacial score (nSPS) is 14.1. The van der Waals surface area contributed by atoms with Gasteiger partial charge in [-0.15, -0.1) is 0 Å². The van der Waals surface area contributed by atoms with Crippen molar-refractivity contribution in [2.75, 3.05) is 0 Å². The maximum atomic E-state index is 13.2. The van der Waals surface area contributed by atoms with Crippen molar-refractivity contribution in [2.45, 2.75) is 25.3 Å². The first-order valence-electron chi connectivity index (χ1n) is 6.29. The molecule has 2 aromatic rings. The van der Waals surface area contributed by atoms with Crippen LogP contribution in [0.2, 0.25) is 0 Å². The average Bonchev–Trinajstić information content (AvgIpc) is 2.43. The first kappa shape index (κ1) is 14.5. The standard InChI is InChI=1S/C15H15F3N2/c1-2-15(19,14-6-4-11(16)9-20-14)8-10-3-5-12(17)13(18)7-10/h3-7,9H,2,8,19H2,1H3. The van der Waals surface area contributed by atoms with Gasteiger partial charge in [-0.2, -0.15) is 0 Å². The molecule has 1 heterocycles. The molecule has 2 rings (SSSR count). The van der Waals surface area contributed by atoms with E-state index in [1.54, 1.807) is 0 Å². The van der Waals surface area contributed by atoms with Crippen LogP contribution in [0.5, 0.6) is 0 Å². The van der Waals surface area contributed by atoms with Gasteiger partial charge >= 0.3 is 0 Å². The summed E-state index contributed by atoms with van der Waals surface area (Å²) in [4.78, 5) is 3.99. The minimum atomic E-state index is -0.909. The van der Waals surface area contributed by atoms with Crippen LogP contribution in [0.15, 0.2) is 36.5 Å². The van der Waals surface area contributed by atoms with Crippen LogP contribution in [0.3, 0.4) is 0 Å². The van der Waals surface area contributed by atoms with E-state index in [1.165, 1.54) is 18.2 Å². The summed E-state index contributed by atoms with van der Waals surface area (Å²) in [5.74, 6) is -2.25. The van der Waals surface area contributed by atoms with Crippen molar-refractivity contribution in [2.24, 2.45) is 5.73 Å². The zero-order valence-electron chi connectivity index (χ0n) is 11.0. The summed E-state index contributed by atoms with van der Waals surface area (Å²) in [5.41, 5.74) is 6.53. The van der Waals surface area contributed by atoms with Gasteiger partial charge in [0.1, 0.15) is 5.82 Å². The number of aromatic nitrogens is 1. The Kier molecular flexibility index (Phi) is 4.09. The van der Waals surface area contributed by atoms with Gasteiger partial charge in [0.15, 0.2) is 11.6 Å². The Morgan fingerprint density at radius 1 is 1.10 bits per heavy atom. The van der Waals surface area contributed by atoms with E-state index >= 15 is 0 Å². The van der Waals surface area contributed by atoms with Gasteiger partial charge in [0.05, 0.1) is 17.4 Å². The molecule has 0 fully saturated rings. The van der Waals surface area contributed by atoms with Crippen molar-refractivity contribution in [1.82, 2.24) is 4.98 Å². The Balaban J connectivity index is 2.31. The van der Waals surface area contributed by atoms with Crippen molar-refractivity contribution >= 4 is 0 Å². The second-order valence-corrected chi connectivity index (χ2v) is 4.80. The highest BCUT2D eigenvalue weighted by Gasteiger charge is 2.27. The number of pyridine rings is 1. The molecule has 2 nitrogen and oxygen atoms in total. The number of halogens is 3. The largest absolute Gasteiger partial charge is 0.320 e. The molecular weight excluding hydrogens is 265 g/mol. The van der Waals surface area contributed by atoms with Gasteiger partial charge in [-0.1, -0.05) is 13.0 Å². The molecule has 0 saturated heterocycles. The minimum Gasteiger partial charge on any atom is -0.320 e. The lowest BCUT2D eigenvalue weighted by Crippen LogP contribution is -2.39. The molecule has 0 amide bonds. The lowest BCUT2D eigenvalue weighted by Gasteiger charge is -2.27. The third-order valence-corrected chi connectivity index (χ3v) is 3.37. The second-order valence-electron chi connectivity index (χ2n) is 4.80. The molecule has 0 aliphatic carbocycles. The Hall–Kier alpha value is -1.88. The summed E-state index contributed by atoms with van der Waals surface area (Å²) in [6.45, 7) is 1.87. The quantitative estimate of drug-likeness (QED) is 0.933. The van der Waals surface area contributed by atoms with Gasteiger partial charge in [0.25, 0.3) is 0 Å². The predicted octanol–water partition coefficient (Wildman–Crippen LogP) is 3.31. The van der Waals surface area contributed by atoms with E-state index in [4.69, 9.17) is 5.73 Å². The van der Waals surface area contributed by atoms with E-state index in [0.29, 0.717) is 24.1 Å². The molecule has 5 heteroatoms. The Morgan fingerprint density at radius 3 is 2.40 bits per heavy atom.